The Hall–Kier alpha value is -1.35. The van der Waals surface area contributed by atoms with E-state index in [1.54, 1.807) is 0 Å². The predicted molar refractivity (Wildman–Crippen MR) is 71.0 cm³/mol. The third-order valence-corrected chi connectivity index (χ3v) is 3.81. The maximum absolute atomic E-state index is 12.3. The Bertz CT molecular complexity index is 391. The highest BCUT2D eigenvalue weighted by molar-refractivity contribution is 5.80. The van der Waals surface area contributed by atoms with E-state index in [2.05, 4.69) is 6.92 Å². The smallest absolute Gasteiger partial charge is 0.226 e. The minimum Gasteiger partial charge on any atom is -0.394 e. The Balaban J connectivity index is 2.20. The quantitative estimate of drug-likeness (QED) is 0.887. The number of hydrogen-bond acceptors (Lipinski definition) is 2. The van der Waals surface area contributed by atoms with Crippen LogP contribution >= 0.6 is 0 Å². The number of carbonyl (C=O) groups excluding carboxylic acids is 1. The van der Waals surface area contributed by atoms with Crippen molar-refractivity contribution in [1.29, 1.82) is 0 Å². The van der Waals surface area contributed by atoms with E-state index < -0.39 is 0 Å². The zero-order valence-electron chi connectivity index (χ0n) is 10.9. The standard InChI is InChI=1S/C15H21NO2/c1-2-12-9-6-10-16(15(12)18)14(11-17)13-7-4-3-5-8-13/h3-5,7-8,12,14,17H,2,6,9-11H2,1H3/t12-,14-/m0/s1. The largest absolute Gasteiger partial charge is 0.394 e. The minimum absolute atomic E-state index is 0.00775. The summed E-state index contributed by atoms with van der Waals surface area (Å²) in [4.78, 5) is 14.2. The zero-order chi connectivity index (χ0) is 13.0. The van der Waals surface area contributed by atoms with Gasteiger partial charge in [0.25, 0.3) is 0 Å². The molecule has 1 saturated heterocycles. The number of likely N-dealkylation sites (tertiary alicyclic amines) is 1. The molecule has 3 nitrogen and oxygen atoms in total. The van der Waals surface area contributed by atoms with Crippen LogP contribution in [0.3, 0.4) is 0 Å². The summed E-state index contributed by atoms with van der Waals surface area (Å²) < 4.78 is 0. The van der Waals surface area contributed by atoms with Crippen molar-refractivity contribution in [2.75, 3.05) is 13.2 Å². The first-order valence-corrected chi connectivity index (χ1v) is 6.74. The molecule has 1 aliphatic heterocycles. The SMILES string of the molecule is CC[C@H]1CCCN([C@@H](CO)c2ccccc2)C1=O. The average Bonchev–Trinajstić information content (AvgIpc) is 2.43. The molecule has 0 aromatic heterocycles. The van der Waals surface area contributed by atoms with Crippen LogP contribution in [0, 0.1) is 5.92 Å². The number of rotatable bonds is 4. The molecule has 3 heteroatoms. The van der Waals surface area contributed by atoms with Crippen LogP contribution in [-0.4, -0.2) is 29.1 Å². The number of aliphatic hydroxyl groups excluding tert-OH is 1. The third kappa shape index (κ3) is 2.56. The van der Waals surface area contributed by atoms with Gasteiger partial charge in [0.15, 0.2) is 0 Å². The number of benzene rings is 1. The molecule has 0 saturated carbocycles. The summed E-state index contributed by atoms with van der Waals surface area (Å²) in [6, 6.07) is 9.61. The van der Waals surface area contributed by atoms with E-state index in [9.17, 15) is 9.90 Å². The summed E-state index contributed by atoms with van der Waals surface area (Å²) in [5.41, 5.74) is 1.02. The van der Waals surface area contributed by atoms with Crippen LogP contribution in [0.1, 0.15) is 37.8 Å². The lowest BCUT2D eigenvalue weighted by Crippen LogP contribution is -2.44. The molecule has 0 spiro atoms. The lowest BCUT2D eigenvalue weighted by atomic mass is 9.92. The Kier molecular flexibility index (Phi) is 4.37. The summed E-state index contributed by atoms with van der Waals surface area (Å²) >= 11 is 0. The fourth-order valence-electron chi connectivity index (χ4n) is 2.72. The van der Waals surface area contributed by atoms with Gasteiger partial charge in [0.05, 0.1) is 12.6 Å². The zero-order valence-corrected chi connectivity index (χ0v) is 10.9. The number of amides is 1. The Morgan fingerprint density at radius 1 is 1.39 bits per heavy atom. The van der Waals surface area contributed by atoms with E-state index in [1.807, 2.05) is 35.2 Å². The highest BCUT2D eigenvalue weighted by Crippen LogP contribution is 2.28. The third-order valence-electron chi connectivity index (χ3n) is 3.81. The van der Waals surface area contributed by atoms with E-state index in [0.717, 1.165) is 31.4 Å². The van der Waals surface area contributed by atoms with Crippen molar-refractivity contribution in [1.82, 2.24) is 4.90 Å². The molecule has 0 aliphatic carbocycles. The molecule has 1 N–H and O–H groups in total. The molecule has 1 aromatic rings. The molecule has 0 radical (unpaired) electrons. The summed E-state index contributed by atoms with van der Waals surface area (Å²) in [5.74, 6) is 0.336. The van der Waals surface area contributed by atoms with Gasteiger partial charge in [-0.3, -0.25) is 4.79 Å². The second kappa shape index (κ2) is 6.01. The molecule has 2 rings (SSSR count). The first-order chi connectivity index (χ1) is 8.77. The number of carbonyl (C=O) groups is 1. The van der Waals surface area contributed by atoms with Crippen molar-refractivity contribution in [3.05, 3.63) is 35.9 Å². The normalized spacial score (nSPS) is 22.0. The highest BCUT2D eigenvalue weighted by Gasteiger charge is 2.32. The summed E-state index contributed by atoms with van der Waals surface area (Å²) in [5, 5.41) is 9.61. The number of aliphatic hydroxyl groups is 1. The molecule has 18 heavy (non-hydrogen) atoms. The van der Waals surface area contributed by atoms with Gasteiger partial charge in [0.2, 0.25) is 5.91 Å². The van der Waals surface area contributed by atoms with Crippen LogP contribution in [0.5, 0.6) is 0 Å². The van der Waals surface area contributed by atoms with Gasteiger partial charge in [-0.05, 0) is 24.8 Å². The molecule has 0 bridgehead atoms. The van der Waals surface area contributed by atoms with E-state index >= 15 is 0 Å². The molecular weight excluding hydrogens is 226 g/mol. The summed E-state index contributed by atoms with van der Waals surface area (Å²) in [7, 11) is 0. The van der Waals surface area contributed by atoms with Crippen LogP contribution in [0.15, 0.2) is 30.3 Å². The molecule has 1 amide bonds. The molecule has 1 fully saturated rings. The van der Waals surface area contributed by atoms with Crippen molar-refractivity contribution >= 4 is 5.91 Å². The van der Waals surface area contributed by atoms with Gasteiger partial charge in [-0.2, -0.15) is 0 Å². The minimum atomic E-state index is -0.187. The molecule has 1 aromatic carbocycles. The summed E-state index contributed by atoms with van der Waals surface area (Å²) in [6.45, 7) is 2.81. The lowest BCUT2D eigenvalue weighted by Gasteiger charge is -2.37. The monoisotopic (exact) mass is 247 g/mol. The second-order valence-electron chi connectivity index (χ2n) is 4.89. The lowest BCUT2D eigenvalue weighted by molar-refractivity contribution is -0.142. The highest BCUT2D eigenvalue weighted by atomic mass is 16.3. The number of nitrogens with zero attached hydrogens (tertiary/aromatic N) is 1. The van der Waals surface area contributed by atoms with Crippen molar-refractivity contribution in [2.24, 2.45) is 5.92 Å². The fraction of sp³-hybridized carbons (Fsp3) is 0.533. The number of hydrogen-bond donors (Lipinski definition) is 1. The van der Waals surface area contributed by atoms with Gasteiger partial charge in [0.1, 0.15) is 0 Å². The maximum atomic E-state index is 12.3. The predicted octanol–water partition coefficient (Wildman–Crippen LogP) is 2.37. The van der Waals surface area contributed by atoms with E-state index in [1.165, 1.54) is 0 Å². The fourth-order valence-corrected chi connectivity index (χ4v) is 2.72. The molecule has 2 atom stereocenters. The van der Waals surface area contributed by atoms with Gasteiger partial charge in [0, 0.05) is 12.5 Å². The van der Waals surface area contributed by atoms with Crippen LogP contribution in [0.2, 0.25) is 0 Å². The Morgan fingerprint density at radius 2 is 2.11 bits per heavy atom. The van der Waals surface area contributed by atoms with Crippen LogP contribution in [0.4, 0.5) is 0 Å². The molecule has 98 valence electrons. The van der Waals surface area contributed by atoms with Gasteiger partial charge in [-0.1, -0.05) is 37.3 Å². The molecular formula is C15H21NO2. The van der Waals surface area contributed by atoms with E-state index in [0.29, 0.717) is 0 Å². The van der Waals surface area contributed by atoms with Crippen LogP contribution in [-0.2, 0) is 4.79 Å². The van der Waals surface area contributed by atoms with Crippen molar-refractivity contribution in [2.45, 2.75) is 32.2 Å². The van der Waals surface area contributed by atoms with E-state index in [-0.39, 0.29) is 24.5 Å². The molecule has 1 aliphatic rings. The van der Waals surface area contributed by atoms with E-state index in [4.69, 9.17) is 0 Å². The Morgan fingerprint density at radius 3 is 2.72 bits per heavy atom. The summed E-state index contributed by atoms with van der Waals surface area (Å²) in [6.07, 6.45) is 2.91. The second-order valence-corrected chi connectivity index (χ2v) is 4.89. The van der Waals surface area contributed by atoms with Gasteiger partial charge < -0.3 is 10.0 Å². The maximum Gasteiger partial charge on any atom is 0.226 e. The first kappa shape index (κ1) is 13.1. The topological polar surface area (TPSA) is 40.5 Å². The molecule has 1 heterocycles. The van der Waals surface area contributed by atoms with Crippen molar-refractivity contribution < 1.29 is 9.90 Å². The molecule has 0 unspecified atom stereocenters. The van der Waals surface area contributed by atoms with Crippen molar-refractivity contribution in [3.63, 3.8) is 0 Å². The number of piperidine rings is 1. The van der Waals surface area contributed by atoms with Crippen LogP contribution in [0.25, 0.3) is 0 Å². The van der Waals surface area contributed by atoms with Gasteiger partial charge in [-0.15, -0.1) is 0 Å². The Labute approximate surface area is 108 Å². The first-order valence-electron chi connectivity index (χ1n) is 6.74. The average molecular weight is 247 g/mol. The van der Waals surface area contributed by atoms with Crippen molar-refractivity contribution in [3.8, 4) is 0 Å². The van der Waals surface area contributed by atoms with Gasteiger partial charge in [-0.25, -0.2) is 0 Å². The van der Waals surface area contributed by atoms with Gasteiger partial charge >= 0.3 is 0 Å². The van der Waals surface area contributed by atoms with Crippen LogP contribution < -0.4 is 0 Å².